The van der Waals surface area contributed by atoms with Crippen LogP contribution in [-0.2, 0) is 4.74 Å². The van der Waals surface area contributed by atoms with Crippen LogP contribution in [0.1, 0.15) is 40.0 Å². The number of ether oxygens (including phenoxy) is 1. The van der Waals surface area contributed by atoms with Crippen LogP contribution in [0.5, 0.6) is 0 Å². The molecule has 1 aliphatic heterocycles. The Labute approximate surface area is 131 Å². The van der Waals surface area contributed by atoms with E-state index in [0.29, 0.717) is 6.10 Å². The molecule has 0 unspecified atom stereocenters. The summed E-state index contributed by atoms with van der Waals surface area (Å²) in [5, 5.41) is 3.56. The lowest BCUT2D eigenvalue weighted by molar-refractivity contribution is -0.0279. The minimum atomic E-state index is 0.515. The molecule has 1 saturated heterocycles. The van der Waals surface area contributed by atoms with Gasteiger partial charge in [-0.3, -0.25) is 4.90 Å². The fourth-order valence-corrected chi connectivity index (χ4v) is 3.28. The highest BCUT2D eigenvalue weighted by Gasteiger charge is 2.29. The second-order valence-electron chi connectivity index (χ2n) is 7.15. The molecule has 1 heterocycles. The summed E-state index contributed by atoms with van der Waals surface area (Å²) >= 11 is 0. The quantitative estimate of drug-likeness (QED) is 0.702. The van der Waals surface area contributed by atoms with Crippen LogP contribution < -0.4 is 5.32 Å². The van der Waals surface area contributed by atoms with E-state index in [1.807, 2.05) is 0 Å². The van der Waals surface area contributed by atoms with E-state index in [0.717, 1.165) is 31.7 Å². The van der Waals surface area contributed by atoms with Gasteiger partial charge in [0.25, 0.3) is 0 Å². The summed E-state index contributed by atoms with van der Waals surface area (Å²) in [6.07, 6.45) is 4.16. The molecule has 0 spiro atoms. The topological polar surface area (TPSA) is 27.7 Å². The van der Waals surface area contributed by atoms with Gasteiger partial charge in [-0.15, -0.1) is 0 Å². The molecule has 0 aromatic rings. The zero-order chi connectivity index (χ0) is 15.1. The molecule has 0 aromatic carbocycles. The zero-order valence-electron chi connectivity index (χ0n) is 14.3. The highest BCUT2D eigenvalue weighted by molar-refractivity contribution is 4.86. The first-order valence-electron chi connectivity index (χ1n) is 8.97. The minimum Gasteiger partial charge on any atom is -0.377 e. The van der Waals surface area contributed by atoms with Gasteiger partial charge in [0.05, 0.1) is 12.7 Å². The third kappa shape index (κ3) is 6.23. The molecule has 4 heteroatoms. The Kier molecular flexibility index (Phi) is 7.44. The van der Waals surface area contributed by atoms with Crippen molar-refractivity contribution in [2.45, 2.75) is 52.2 Å². The summed E-state index contributed by atoms with van der Waals surface area (Å²) < 4.78 is 5.99. The fourth-order valence-electron chi connectivity index (χ4n) is 3.28. The van der Waals surface area contributed by atoms with Gasteiger partial charge < -0.3 is 15.0 Å². The van der Waals surface area contributed by atoms with Crippen molar-refractivity contribution in [2.75, 3.05) is 52.4 Å². The van der Waals surface area contributed by atoms with Crippen molar-refractivity contribution in [1.82, 2.24) is 15.1 Å². The lowest BCUT2D eigenvalue weighted by Gasteiger charge is -2.38. The Morgan fingerprint density at radius 3 is 2.38 bits per heavy atom. The van der Waals surface area contributed by atoms with Gasteiger partial charge in [-0.2, -0.15) is 0 Å². The summed E-state index contributed by atoms with van der Waals surface area (Å²) in [5.74, 6) is 0.785. The molecule has 0 aromatic heterocycles. The van der Waals surface area contributed by atoms with Gasteiger partial charge in [-0.1, -0.05) is 20.8 Å². The second kappa shape index (κ2) is 9.09. The van der Waals surface area contributed by atoms with Crippen LogP contribution in [-0.4, -0.2) is 74.4 Å². The van der Waals surface area contributed by atoms with Crippen LogP contribution in [0.2, 0.25) is 0 Å². The van der Waals surface area contributed by atoms with E-state index < -0.39 is 0 Å². The summed E-state index contributed by atoms with van der Waals surface area (Å²) in [6, 6.07) is 0.717. The van der Waals surface area contributed by atoms with Crippen LogP contribution in [0.25, 0.3) is 0 Å². The Morgan fingerprint density at radius 1 is 1.10 bits per heavy atom. The second-order valence-corrected chi connectivity index (χ2v) is 7.15. The normalized spacial score (nSPS) is 28.0. The SMILES string of the molecule is CCCN[C@H]1C[C@H](OCCN2CCN(CC(C)C)CC2)C1. The van der Waals surface area contributed by atoms with E-state index in [-0.39, 0.29) is 0 Å². The molecule has 0 amide bonds. The van der Waals surface area contributed by atoms with Crippen molar-refractivity contribution in [2.24, 2.45) is 5.92 Å². The number of hydrogen-bond donors (Lipinski definition) is 1. The van der Waals surface area contributed by atoms with Crippen LogP contribution in [0.15, 0.2) is 0 Å². The predicted octanol–water partition coefficient (Wildman–Crippen LogP) is 1.81. The Hall–Kier alpha value is -0.160. The van der Waals surface area contributed by atoms with Gasteiger partial charge >= 0.3 is 0 Å². The van der Waals surface area contributed by atoms with Crippen LogP contribution in [0.4, 0.5) is 0 Å². The maximum atomic E-state index is 5.99. The van der Waals surface area contributed by atoms with Crippen LogP contribution in [0.3, 0.4) is 0 Å². The first-order valence-corrected chi connectivity index (χ1v) is 8.97. The molecule has 124 valence electrons. The Balaban J connectivity index is 1.46. The van der Waals surface area contributed by atoms with Crippen molar-refractivity contribution in [3.05, 3.63) is 0 Å². The van der Waals surface area contributed by atoms with Crippen molar-refractivity contribution in [3.63, 3.8) is 0 Å². The monoisotopic (exact) mass is 297 g/mol. The van der Waals surface area contributed by atoms with Gasteiger partial charge in [0, 0.05) is 45.3 Å². The number of piperazine rings is 1. The number of hydrogen-bond acceptors (Lipinski definition) is 4. The maximum absolute atomic E-state index is 5.99. The van der Waals surface area contributed by atoms with Gasteiger partial charge in [0.1, 0.15) is 0 Å². The molecule has 4 nitrogen and oxygen atoms in total. The van der Waals surface area contributed by atoms with E-state index in [4.69, 9.17) is 4.74 Å². The summed E-state index contributed by atoms with van der Waals surface area (Å²) in [7, 11) is 0. The van der Waals surface area contributed by atoms with Gasteiger partial charge in [0.2, 0.25) is 0 Å². The highest BCUT2D eigenvalue weighted by atomic mass is 16.5. The lowest BCUT2D eigenvalue weighted by atomic mass is 9.89. The van der Waals surface area contributed by atoms with E-state index in [1.165, 1.54) is 52.0 Å². The van der Waals surface area contributed by atoms with Gasteiger partial charge in [-0.05, 0) is 31.7 Å². The van der Waals surface area contributed by atoms with E-state index >= 15 is 0 Å². The molecule has 1 saturated carbocycles. The molecule has 0 atom stereocenters. The van der Waals surface area contributed by atoms with Crippen molar-refractivity contribution < 1.29 is 4.74 Å². The third-order valence-corrected chi connectivity index (χ3v) is 4.63. The number of rotatable bonds is 9. The summed E-state index contributed by atoms with van der Waals surface area (Å²) in [5.41, 5.74) is 0. The van der Waals surface area contributed by atoms with Crippen molar-refractivity contribution >= 4 is 0 Å². The molecule has 2 fully saturated rings. The lowest BCUT2D eigenvalue weighted by Crippen LogP contribution is -2.49. The average molecular weight is 297 g/mol. The average Bonchev–Trinajstić information content (AvgIpc) is 2.41. The molecular weight excluding hydrogens is 262 g/mol. The van der Waals surface area contributed by atoms with Gasteiger partial charge in [-0.25, -0.2) is 0 Å². The fraction of sp³-hybridized carbons (Fsp3) is 1.00. The highest BCUT2D eigenvalue weighted by Crippen LogP contribution is 2.23. The Bertz CT molecular complexity index is 271. The Morgan fingerprint density at radius 2 is 1.76 bits per heavy atom. The first-order chi connectivity index (χ1) is 10.2. The summed E-state index contributed by atoms with van der Waals surface area (Å²) in [4.78, 5) is 5.15. The number of nitrogens with zero attached hydrogens (tertiary/aromatic N) is 2. The largest absolute Gasteiger partial charge is 0.377 e. The third-order valence-electron chi connectivity index (χ3n) is 4.63. The van der Waals surface area contributed by atoms with E-state index in [9.17, 15) is 0 Å². The maximum Gasteiger partial charge on any atom is 0.0605 e. The molecule has 0 bridgehead atoms. The molecule has 1 N–H and O–H groups in total. The first kappa shape index (κ1) is 17.2. The molecule has 2 rings (SSSR count). The smallest absolute Gasteiger partial charge is 0.0605 e. The van der Waals surface area contributed by atoms with E-state index in [2.05, 4.69) is 35.9 Å². The number of nitrogens with one attached hydrogen (secondary N) is 1. The van der Waals surface area contributed by atoms with Crippen LogP contribution >= 0.6 is 0 Å². The molecule has 2 aliphatic rings. The molecule has 0 radical (unpaired) electrons. The predicted molar refractivity (Wildman–Crippen MR) is 88.8 cm³/mol. The summed E-state index contributed by atoms with van der Waals surface area (Å²) in [6.45, 7) is 16.1. The zero-order valence-corrected chi connectivity index (χ0v) is 14.3. The van der Waals surface area contributed by atoms with E-state index in [1.54, 1.807) is 0 Å². The van der Waals surface area contributed by atoms with Crippen molar-refractivity contribution in [3.8, 4) is 0 Å². The molecule has 1 aliphatic carbocycles. The standard InChI is InChI=1S/C17H35N3O/c1-4-5-18-16-12-17(13-16)21-11-10-19-6-8-20(9-7-19)14-15(2)3/h15-18H,4-14H2,1-3H3/t16-,17-. The minimum absolute atomic E-state index is 0.515. The molecule has 21 heavy (non-hydrogen) atoms. The van der Waals surface area contributed by atoms with Crippen molar-refractivity contribution in [1.29, 1.82) is 0 Å². The van der Waals surface area contributed by atoms with Gasteiger partial charge in [0.15, 0.2) is 0 Å². The van der Waals surface area contributed by atoms with Crippen LogP contribution in [0, 0.1) is 5.92 Å². The molecular formula is C17H35N3O.